The number of rotatable bonds is 8. The molecular weight excluding hydrogens is 485 g/mol. The van der Waals surface area contributed by atoms with E-state index in [0.717, 1.165) is 24.8 Å². The lowest BCUT2D eigenvalue weighted by Gasteiger charge is -2.34. The Hall–Kier alpha value is -3.75. The van der Waals surface area contributed by atoms with Crippen molar-refractivity contribution in [2.24, 2.45) is 5.92 Å². The highest BCUT2D eigenvalue weighted by Crippen LogP contribution is 2.47. The van der Waals surface area contributed by atoms with Crippen LogP contribution in [0.4, 0.5) is 4.39 Å². The van der Waals surface area contributed by atoms with Crippen molar-refractivity contribution in [3.05, 3.63) is 65.7 Å². The van der Waals surface area contributed by atoms with Crippen molar-refractivity contribution in [1.82, 2.24) is 25.5 Å². The molecule has 1 saturated carbocycles. The van der Waals surface area contributed by atoms with Gasteiger partial charge in [-0.2, -0.15) is 0 Å². The molecule has 2 aromatic carbocycles. The fourth-order valence-corrected chi connectivity index (χ4v) is 5.41. The predicted molar refractivity (Wildman–Crippen MR) is 141 cm³/mol. The van der Waals surface area contributed by atoms with Crippen molar-refractivity contribution >= 4 is 28.8 Å². The number of H-pyrrole nitrogens is 1. The van der Waals surface area contributed by atoms with Crippen LogP contribution < -0.4 is 10.6 Å². The number of nitrogens with one attached hydrogen (secondary N) is 3. The van der Waals surface area contributed by atoms with Crippen LogP contribution in [0.3, 0.4) is 0 Å². The van der Waals surface area contributed by atoms with Gasteiger partial charge in [-0.05, 0) is 63.1 Å². The SMILES string of the molecule is C[C@H](NC(=O)[C@H](CC(=O)N1CCCC[C@@H]1C)NC(=O)[C@H]1C[C@H]1c1ccccc1)c1nc2c(F)cccc2[nH]1. The van der Waals surface area contributed by atoms with E-state index in [9.17, 15) is 18.8 Å². The van der Waals surface area contributed by atoms with E-state index in [4.69, 9.17) is 0 Å². The van der Waals surface area contributed by atoms with Gasteiger partial charge in [-0.3, -0.25) is 14.4 Å². The molecule has 3 aromatic rings. The first-order chi connectivity index (χ1) is 18.3. The number of hydrogen-bond acceptors (Lipinski definition) is 4. The van der Waals surface area contributed by atoms with Gasteiger partial charge < -0.3 is 20.5 Å². The number of aromatic nitrogens is 2. The molecule has 5 rings (SSSR count). The van der Waals surface area contributed by atoms with Gasteiger partial charge in [0.1, 0.15) is 17.4 Å². The average molecular weight is 520 g/mol. The van der Waals surface area contributed by atoms with Gasteiger partial charge in [0.2, 0.25) is 17.7 Å². The Kier molecular flexibility index (Phi) is 7.44. The van der Waals surface area contributed by atoms with Crippen LogP contribution in [-0.4, -0.2) is 51.2 Å². The van der Waals surface area contributed by atoms with Gasteiger partial charge >= 0.3 is 0 Å². The number of piperidine rings is 1. The van der Waals surface area contributed by atoms with Gasteiger partial charge in [-0.15, -0.1) is 0 Å². The number of amides is 3. The summed E-state index contributed by atoms with van der Waals surface area (Å²) >= 11 is 0. The second-order valence-corrected chi connectivity index (χ2v) is 10.5. The highest BCUT2D eigenvalue weighted by Gasteiger charge is 2.45. The molecule has 2 fully saturated rings. The monoisotopic (exact) mass is 519 g/mol. The molecule has 8 nitrogen and oxygen atoms in total. The number of carbonyl (C=O) groups is 3. The number of halogens is 1. The lowest BCUT2D eigenvalue weighted by molar-refractivity contribution is -0.138. The third-order valence-corrected chi connectivity index (χ3v) is 7.74. The molecule has 2 aliphatic rings. The van der Waals surface area contributed by atoms with E-state index in [0.29, 0.717) is 24.3 Å². The molecule has 0 radical (unpaired) electrons. The number of likely N-dealkylation sites (tertiary alicyclic amines) is 1. The maximum Gasteiger partial charge on any atom is 0.243 e. The van der Waals surface area contributed by atoms with Gasteiger partial charge in [0.15, 0.2) is 5.82 Å². The number of carbonyl (C=O) groups excluding carboxylic acids is 3. The number of hydrogen-bond donors (Lipinski definition) is 3. The molecule has 1 aromatic heterocycles. The fourth-order valence-electron chi connectivity index (χ4n) is 5.41. The van der Waals surface area contributed by atoms with E-state index in [1.807, 2.05) is 42.2 Å². The van der Waals surface area contributed by atoms with Crippen molar-refractivity contribution in [2.45, 2.75) is 70.0 Å². The molecule has 9 heteroatoms. The zero-order valence-electron chi connectivity index (χ0n) is 21.7. The molecule has 0 unspecified atom stereocenters. The third-order valence-electron chi connectivity index (χ3n) is 7.74. The van der Waals surface area contributed by atoms with E-state index < -0.39 is 23.8 Å². The molecule has 200 valence electrons. The summed E-state index contributed by atoms with van der Waals surface area (Å²) in [7, 11) is 0. The first kappa shape index (κ1) is 25.9. The zero-order valence-corrected chi connectivity index (χ0v) is 21.7. The summed E-state index contributed by atoms with van der Waals surface area (Å²) in [5.41, 5.74) is 1.82. The molecule has 2 heterocycles. The van der Waals surface area contributed by atoms with Crippen LogP contribution in [0.25, 0.3) is 11.0 Å². The standard InChI is InChI=1S/C29H34FN5O3/c1-17-9-6-7-14-35(17)25(36)16-24(33-28(37)21-15-20(21)19-10-4-3-5-11-19)29(38)31-18(2)27-32-23-13-8-12-22(30)26(23)34-27/h3-5,8,10-13,17-18,20-21,24H,6-7,9,14-16H2,1-2H3,(H,31,38)(H,32,34)(H,33,37)/t17-,18-,20-,21-,24-/m0/s1. The molecular formula is C29H34FN5O3. The van der Waals surface area contributed by atoms with Crippen molar-refractivity contribution in [2.75, 3.05) is 6.54 Å². The molecule has 3 N–H and O–H groups in total. The molecule has 0 spiro atoms. The van der Waals surface area contributed by atoms with Gasteiger partial charge in [0, 0.05) is 18.5 Å². The molecule has 1 saturated heterocycles. The highest BCUT2D eigenvalue weighted by atomic mass is 19.1. The largest absolute Gasteiger partial charge is 0.345 e. The smallest absolute Gasteiger partial charge is 0.243 e. The summed E-state index contributed by atoms with van der Waals surface area (Å²) in [6, 6.07) is 13.0. The fraction of sp³-hybridized carbons (Fsp3) is 0.448. The van der Waals surface area contributed by atoms with E-state index in [1.165, 1.54) is 6.07 Å². The Labute approximate surface area is 221 Å². The van der Waals surface area contributed by atoms with Crippen LogP contribution in [0.15, 0.2) is 48.5 Å². The van der Waals surface area contributed by atoms with Crippen LogP contribution in [0.1, 0.15) is 69.3 Å². The second kappa shape index (κ2) is 10.9. The minimum absolute atomic E-state index is 0.103. The van der Waals surface area contributed by atoms with Crippen LogP contribution in [0, 0.1) is 11.7 Å². The maximum atomic E-state index is 14.1. The summed E-state index contributed by atoms with van der Waals surface area (Å²) in [4.78, 5) is 49.0. The number of aromatic amines is 1. The number of para-hydroxylation sites is 1. The first-order valence-corrected chi connectivity index (χ1v) is 13.4. The molecule has 5 atom stereocenters. The van der Waals surface area contributed by atoms with Crippen molar-refractivity contribution in [1.29, 1.82) is 0 Å². The summed E-state index contributed by atoms with van der Waals surface area (Å²) in [6.07, 6.45) is 3.52. The van der Waals surface area contributed by atoms with Gasteiger partial charge in [-0.25, -0.2) is 9.37 Å². The summed E-state index contributed by atoms with van der Waals surface area (Å²) in [5, 5.41) is 5.73. The van der Waals surface area contributed by atoms with Gasteiger partial charge in [-0.1, -0.05) is 36.4 Å². The Morgan fingerprint density at radius 2 is 1.89 bits per heavy atom. The lowest BCUT2D eigenvalue weighted by Crippen LogP contribution is -2.52. The predicted octanol–water partition coefficient (Wildman–Crippen LogP) is 3.96. The minimum Gasteiger partial charge on any atom is -0.345 e. The molecule has 1 aliphatic carbocycles. The summed E-state index contributed by atoms with van der Waals surface area (Å²) < 4.78 is 14.1. The van der Waals surface area contributed by atoms with Crippen LogP contribution in [-0.2, 0) is 14.4 Å². The lowest BCUT2D eigenvalue weighted by atomic mass is 10.0. The number of imidazole rings is 1. The van der Waals surface area contributed by atoms with Crippen molar-refractivity contribution < 1.29 is 18.8 Å². The normalized spacial score (nSPS) is 22.5. The minimum atomic E-state index is -1.02. The van der Waals surface area contributed by atoms with Crippen molar-refractivity contribution in [3.63, 3.8) is 0 Å². The second-order valence-electron chi connectivity index (χ2n) is 10.5. The van der Waals surface area contributed by atoms with E-state index in [-0.39, 0.29) is 41.6 Å². The third kappa shape index (κ3) is 5.56. The molecule has 0 bridgehead atoms. The maximum absolute atomic E-state index is 14.1. The Balaban J connectivity index is 1.29. The van der Waals surface area contributed by atoms with E-state index in [1.54, 1.807) is 19.1 Å². The van der Waals surface area contributed by atoms with Crippen LogP contribution >= 0.6 is 0 Å². The summed E-state index contributed by atoms with van der Waals surface area (Å²) in [6.45, 7) is 4.40. The van der Waals surface area contributed by atoms with Gasteiger partial charge in [0.05, 0.1) is 18.0 Å². The molecule has 38 heavy (non-hydrogen) atoms. The van der Waals surface area contributed by atoms with Crippen LogP contribution in [0.2, 0.25) is 0 Å². The Morgan fingerprint density at radius 3 is 2.63 bits per heavy atom. The number of nitrogens with zero attached hydrogens (tertiary/aromatic N) is 2. The number of fused-ring (bicyclic) bond motifs is 1. The van der Waals surface area contributed by atoms with Crippen LogP contribution in [0.5, 0.6) is 0 Å². The average Bonchev–Trinajstić information content (AvgIpc) is 3.59. The highest BCUT2D eigenvalue weighted by molar-refractivity contribution is 5.93. The topological polar surface area (TPSA) is 107 Å². The van der Waals surface area contributed by atoms with E-state index in [2.05, 4.69) is 20.6 Å². The Morgan fingerprint density at radius 1 is 1.11 bits per heavy atom. The first-order valence-electron chi connectivity index (χ1n) is 13.4. The quantitative estimate of drug-likeness (QED) is 0.419. The molecule has 3 amide bonds. The zero-order chi connectivity index (χ0) is 26.8. The Bertz CT molecular complexity index is 1330. The number of benzene rings is 2. The molecule has 1 aliphatic heterocycles. The van der Waals surface area contributed by atoms with Gasteiger partial charge in [0.25, 0.3) is 0 Å². The van der Waals surface area contributed by atoms with Crippen molar-refractivity contribution in [3.8, 4) is 0 Å². The van der Waals surface area contributed by atoms with E-state index >= 15 is 0 Å². The summed E-state index contributed by atoms with van der Waals surface area (Å²) in [5.74, 6) is -1.02.